The Morgan fingerprint density at radius 2 is 1.70 bits per heavy atom. The first kappa shape index (κ1) is 13.8. The van der Waals surface area contributed by atoms with E-state index in [0.29, 0.717) is 0 Å². The van der Waals surface area contributed by atoms with Crippen molar-refractivity contribution < 1.29 is 0 Å². The number of nitrogens with zero attached hydrogens (tertiary/aromatic N) is 1. The molecule has 0 radical (unpaired) electrons. The van der Waals surface area contributed by atoms with Gasteiger partial charge in [-0.25, -0.2) is 0 Å². The number of hydrogen-bond donors (Lipinski definition) is 4. The van der Waals surface area contributed by atoms with Gasteiger partial charge < -0.3 is 16.0 Å². The Labute approximate surface area is 135 Å². The van der Waals surface area contributed by atoms with Crippen LogP contribution in [0.1, 0.15) is 23.6 Å². The summed E-state index contributed by atoms with van der Waals surface area (Å²) in [4.78, 5) is 4.38. The third kappa shape index (κ3) is 2.91. The van der Waals surface area contributed by atoms with E-state index in [0.717, 1.165) is 17.9 Å². The maximum Gasteiger partial charge on any atom is 0.140 e. The van der Waals surface area contributed by atoms with Gasteiger partial charge in [-0.2, -0.15) is 0 Å². The fourth-order valence-electron chi connectivity index (χ4n) is 2.84. The quantitative estimate of drug-likeness (QED) is 0.698. The van der Waals surface area contributed by atoms with E-state index in [2.05, 4.69) is 56.7 Å². The van der Waals surface area contributed by atoms with Crippen molar-refractivity contribution in [3.8, 4) is 0 Å². The fraction of sp³-hybridized carbons (Fsp3) is 0.167. The van der Waals surface area contributed by atoms with Gasteiger partial charge in [-0.15, -0.1) is 0 Å². The van der Waals surface area contributed by atoms with Crippen molar-refractivity contribution in [2.45, 2.75) is 12.3 Å². The van der Waals surface area contributed by atoms with Crippen LogP contribution in [0.4, 0.5) is 0 Å². The van der Waals surface area contributed by atoms with E-state index in [1.165, 1.54) is 11.1 Å². The first-order valence-corrected chi connectivity index (χ1v) is 7.78. The molecule has 0 bridgehead atoms. The normalized spacial score (nSPS) is 23.1. The Morgan fingerprint density at radius 3 is 2.43 bits per heavy atom. The van der Waals surface area contributed by atoms with Gasteiger partial charge >= 0.3 is 0 Å². The summed E-state index contributed by atoms with van der Waals surface area (Å²) in [6.45, 7) is 0.808. The number of rotatable bonds is 3. The Hall–Kier alpha value is -2.79. The lowest BCUT2D eigenvalue weighted by molar-refractivity contribution is 0.484. The van der Waals surface area contributed by atoms with Crippen LogP contribution >= 0.6 is 0 Å². The lowest BCUT2D eigenvalue weighted by Gasteiger charge is -2.26. The minimum Gasteiger partial charge on any atom is -0.372 e. The maximum atomic E-state index is 4.38. The molecule has 116 valence electrons. The number of hydrogen-bond acceptors (Lipinski definition) is 5. The molecule has 2 unspecified atom stereocenters. The molecular formula is C18H19N5. The van der Waals surface area contributed by atoms with Crippen LogP contribution in [0.25, 0.3) is 0 Å². The van der Waals surface area contributed by atoms with Crippen LogP contribution in [0.5, 0.6) is 0 Å². The highest BCUT2D eigenvalue weighted by atomic mass is 15.2. The van der Waals surface area contributed by atoms with E-state index in [-0.39, 0.29) is 12.3 Å². The van der Waals surface area contributed by atoms with Crippen molar-refractivity contribution in [2.75, 3.05) is 6.54 Å². The summed E-state index contributed by atoms with van der Waals surface area (Å²) in [5.74, 6) is 0. The molecular weight excluding hydrogens is 286 g/mol. The SMILES string of the molecule is C1=C(C2=CNC(c3ccccn3)N2)CNC(c2ccccc2)N1. The molecule has 4 N–H and O–H groups in total. The van der Waals surface area contributed by atoms with E-state index >= 15 is 0 Å². The van der Waals surface area contributed by atoms with Gasteiger partial charge in [-0.3, -0.25) is 10.3 Å². The highest BCUT2D eigenvalue weighted by Crippen LogP contribution is 2.21. The Balaban J connectivity index is 1.42. The van der Waals surface area contributed by atoms with Crippen LogP contribution in [-0.4, -0.2) is 11.5 Å². The molecule has 1 aromatic heterocycles. The van der Waals surface area contributed by atoms with E-state index in [4.69, 9.17) is 0 Å². The topological polar surface area (TPSA) is 61.0 Å². The molecule has 1 aromatic carbocycles. The Morgan fingerprint density at radius 1 is 0.870 bits per heavy atom. The molecule has 4 rings (SSSR count). The predicted octanol–water partition coefficient (Wildman–Crippen LogP) is 1.89. The summed E-state index contributed by atoms with van der Waals surface area (Å²) in [6, 6.07) is 16.3. The molecule has 0 saturated heterocycles. The highest BCUT2D eigenvalue weighted by Gasteiger charge is 2.22. The second-order valence-corrected chi connectivity index (χ2v) is 5.62. The molecule has 2 atom stereocenters. The molecule has 0 saturated carbocycles. The number of aromatic nitrogens is 1. The summed E-state index contributed by atoms with van der Waals surface area (Å²) in [5.41, 5.74) is 4.51. The molecule has 0 spiro atoms. The minimum absolute atomic E-state index is 0.0268. The first-order chi connectivity index (χ1) is 11.4. The molecule has 0 fully saturated rings. The standard InChI is InChI=1S/C18H19N5/c1-2-6-13(7-3-1)17-20-10-14(11-21-17)16-12-22-18(23-16)15-8-4-5-9-19-15/h1-10,12,17-18,20-23H,11H2. The van der Waals surface area contributed by atoms with Crippen LogP contribution < -0.4 is 21.3 Å². The zero-order valence-corrected chi connectivity index (χ0v) is 12.7. The van der Waals surface area contributed by atoms with E-state index in [1.807, 2.05) is 36.7 Å². The van der Waals surface area contributed by atoms with Gasteiger partial charge in [0.25, 0.3) is 0 Å². The van der Waals surface area contributed by atoms with Gasteiger partial charge in [0.05, 0.1) is 11.4 Å². The molecule has 0 aliphatic carbocycles. The van der Waals surface area contributed by atoms with Crippen molar-refractivity contribution in [1.29, 1.82) is 0 Å². The van der Waals surface area contributed by atoms with E-state index in [9.17, 15) is 0 Å². The van der Waals surface area contributed by atoms with Crippen molar-refractivity contribution >= 4 is 0 Å². The highest BCUT2D eigenvalue weighted by molar-refractivity contribution is 5.36. The molecule has 5 heteroatoms. The van der Waals surface area contributed by atoms with Gasteiger partial charge in [0.2, 0.25) is 0 Å². The minimum atomic E-state index is 0.0268. The maximum absolute atomic E-state index is 4.38. The van der Waals surface area contributed by atoms with Crippen LogP contribution in [0.2, 0.25) is 0 Å². The van der Waals surface area contributed by atoms with Crippen molar-refractivity contribution in [3.05, 3.63) is 89.7 Å². The monoisotopic (exact) mass is 305 g/mol. The van der Waals surface area contributed by atoms with Crippen molar-refractivity contribution in [2.24, 2.45) is 0 Å². The summed E-state index contributed by atoms with van der Waals surface area (Å²) in [7, 11) is 0. The second-order valence-electron chi connectivity index (χ2n) is 5.62. The van der Waals surface area contributed by atoms with E-state index in [1.54, 1.807) is 0 Å². The summed E-state index contributed by atoms with van der Waals surface area (Å²) < 4.78 is 0. The van der Waals surface area contributed by atoms with E-state index < -0.39 is 0 Å². The van der Waals surface area contributed by atoms with Crippen molar-refractivity contribution in [3.63, 3.8) is 0 Å². The summed E-state index contributed by atoms with van der Waals surface area (Å²) >= 11 is 0. The first-order valence-electron chi connectivity index (χ1n) is 7.78. The van der Waals surface area contributed by atoms with Crippen LogP contribution in [0.15, 0.2) is 78.4 Å². The fourth-order valence-corrected chi connectivity index (χ4v) is 2.84. The van der Waals surface area contributed by atoms with Crippen LogP contribution in [-0.2, 0) is 0 Å². The zero-order valence-electron chi connectivity index (χ0n) is 12.7. The smallest absolute Gasteiger partial charge is 0.140 e. The Bertz CT molecular complexity index is 724. The Kier molecular flexibility index (Phi) is 3.70. The zero-order chi connectivity index (χ0) is 15.5. The molecule has 0 amide bonds. The lowest BCUT2D eigenvalue weighted by atomic mass is 10.1. The number of benzene rings is 1. The average molecular weight is 305 g/mol. The summed E-state index contributed by atoms with van der Waals surface area (Å²) in [6.07, 6.45) is 6.08. The molecule has 3 heterocycles. The molecule has 5 nitrogen and oxygen atoms in total. The largest absolute Gasteiger partial charge is 0.372 e. The third-order valence-electron chi connectivity index (χ3n) is 4.08. The predicted molar refractivity (Wildman–Crippen MR) is 89.7 cm³/mol. The van der Waals surface area contributed by atoms with Gasteiger partial charge in [-0.1, -0.05) is 36.4 Å². The molecule has 2 aromatic rings. The van der Waals surface area contributed by atoms with Gasteiger partial charge in [0.1, 0.15) is 12.3 Å². The lowest BCUT2D eigenvalue weighted by Crippen LogP contribution is -2.38. The molecule has 2 aliphatic rings. The number of pyridine rings is 1. The van der Waals surface area contributed by atoms with Crippen molar-refractivity contribution in [1.82, 2.24) is 26.3 Å². The summed E-state index contributed by atoms with van der Waals surface area (Å²) in [5, 5.41) is 13.7. The molecule has 23 heavy (non-hydrogen) atoms. The van der Waals surface area contributed by atoms with Gasteiger partial charge in [-0.05, 0) is 17.7 Å². The van der Waals surface area contributed by atoms with Crippen LogP contribution in [0.3, 0.4) is 0 Å². The molecule has 2 aliphatic heterocycles. The second kappa shape index (κ2) is 6.14. The van der Waals surface area contributed by atoms with Gasteiger partial charge in [0.15, 0.2) is 0 Å². The van der Waals surface area contributed by atoms with Crippen LogP contribution in [0, 0.1) is 0 Å². The average Bonchev–Trinajstić information content (AvgIpc) is 3.14. The third-order valence-corrected chi connectivity index (χ3v) is 4.08. The number of nitrogens with one attached hydrogen (secondary N) is 4. The van der Waals surface area contributed by atoms with Gasteiger partial charge in [0, 0.05) is 30.7 Å².